The van der Waals surface area contributed by atoms with Gasteiger partial charge in [-0.1, -0.05) is 11.6 Å². The molecule has 1 fully saturated rings. The average Bonchev–Trinajstić information content (AvgIpc) is 2.96. The molecule has 5 heteroatoms. The molecule has 4 rings (SSSR count). The molecule has 0 bridgehead atoms. The highest BCUT2D eigenvalue weighted by Crippen LogP contribution is 2.29. The van der Waals surface area contributed by atoms with Crippen LogP contribution in [0.2, 0.25) is 5.02 Å². The maximum absolute atomic E-state index is 5.99. The molecule has 1 aromatic carbocycles. The highest BCUT2D eigenvalue weighted by molar-refractivity contribution is 6.30. The molecule has 1 saturated heterocycles. The van der Waals surface area contributed by atoms with Gasteiger partial charge in [-0.15, -0.1) is 5.10 Å². The van der Waals surface area contributed by atoms with Crippen LogP contribution in [0, 0.1) is 0 Å². The summed E-state index contributed by atoms with van der Waals surface area (Å²) in [5.41, 5.74) is 2.04. The van der Waals surface area contributed by atoms with E-state index in [-0.39, 0.29) is 0 Å². The Bertz CT molecular complexity index is 788. The number of hydrogen-bond donors (Lipinski definition) is 0. The van der Waals surface area contributed by atoms with Crippen molar-refractivity contribution in [2.45, 2.75) is 19.3 Å². The van der Waals surface area contributed by atoms with E-state index in [0.717, 1.165) is 40.5 Å². The second kappa shape index (κ2) is 5.61. The van der Waals surface area contributed by atoms with Crippen LogP contribution in [0.3, 0.4) is 0 Å². The van der Waals surface area contributed by atoms with E-state index >= 15 is 0 Å². The topological polar surface area (TPSA) is 34.0 Å². The summed E-state index contributed by atoms with van der Waals surface area (Å²) in [5.74, 6) is 1.06. The third-order valence-electron chi connectivity index (χ3n) is 4.19. The molecule has 112 valence electrons. The van der Waals surface area contributed by atoms with Gasteiger partial charge in [-0.2, -0.15) is 0 Å². The Kier molecular flexibility index (Phi) is 3.47. The lowest BCUT2D eigenvalue weighted by molar-refractivity contribution is 0.572. The number of piperidine rings is 1. The van der Waals surface area contributed by atoms with Gasteiger partial charge in [0.25, 0.3) is 0 Å². The molecule has 4 nitrogen and oxygen atoms in total. The van der Waals surface area contributed by atoms with Gasteiger partial charge >= 0.3 is 0 Å². The Morgan fingerprint density at radius 3 is 2.50 bits per heavy atom. The van der Waals surface area contributed by atoms with Gasteiger partial charge in [0, 0.05) is 29.7 Å². The van der Waals surface area contributed by atoms with Crippen LogP contribution >= 0.6 is 11.6 Å². The number of anilines is 1. The number of fused-ring (bicyclic) bond motifs is 1. The maximum Gasteiger partial charge on any atom is 0.159 e. The molecule has 0 spiro atoms. The predicted octanol–water partition coefficient (Wildman–Crippen LogP) is 4.06. The molecule has 0 amide bonds. The minimum Gasteiger partial charge on any atom is -0.355 e. The molecule has 3 aromatic rings. The molecular formula is C17H17ClN4. The summed E-state index contributed by atoms with van der Waals surface area (Å²) in [5, 5.41) is 6.76. The molecule has 2 aromatic heterocycles. The first-order chi connectivity index (χ1) is 10.8. The van der Waals surface area contributed by atoms with Crippen molar-refractivity contribution >= 4 is 28.3 Å². The molecule has 1 aliphatic heterocycles. The van der Waals surface area contributed by atoms with Crippen LogP contribution in [0.1, 0.15) is 19.3 Å². The van der Waals surface area contributed by atoms with Crippen molar-refractivity contribution in [3.8, 4) is 5.69 Å². The van der Waals surface area contributed by atoms with Gasteiger partial charge in [-0.05, 0) is 49.6 Å². The van der Waals surface area contributed by atoms with Crippen molar-refractivity contribution in [1.82, 2.24) is 14.8 Å². The zero-order valence-electron chi connectivity index (χ0n) is 12.2. The minimum absolute atomic E-state index is 0.731. The Balaban J connectivity index is 1.86. The number of hydrogen-bond acceptors (Lipinski definition) is 3. The Morgan fingerprint density at radius 1 is 0.955 bits per heavy atom. The van der Waals surface area contributed by atoms with Gasteiger partial charge in [-0.25, -0.2) is 4.68 Å². The first kappa shape index (κ1) is 13.6. The molecule has 0 N–H and O–H groups in total. The fourth-order valence-electron chi connectivity index (χ4n) is 3.06. The van der Waals surface area contributed by atoms with E-state index in [1.54, 1.807) is 0 Å². The molecule has 1 aliphatic rings. The SMILES string of the molecule is Clc1ccc(-n2nc(N3CCCCC3)c3ccncc32)cc1. The van der Waals surface area contributed by atoms with Crippen molar-refractivity contribution in [2.24, 2.45) is 0 Å². The monoisotopic (exact) mass is 312 g/mol. The van der Waals surface area contributed by atoms with E-state index in [1.165, 1.54) is 19.3 Å². The summed E-state index contributed by atoms with van der Waals surface area (Å²) >= 11 is 5.99. The molecule has 0 aliphatic carbocycles. The van der Waals surface area contributed by atoms with E-state index in [9.17, 15) is 0 Å². The van der Waals surface area contributed by atoms with E-state index < -0.39 is 0 Å². The van der Waals surface area contributed by atoms with Gasteiger partial charge < -0.3 is 4.90 Å². The number of aromatic nitrogens is 3. The summed E-state index contributed by atoms with van der Waals surface area (Å²) in [6.07, 6.45) is 7.50. The van der Waals surface area contributed by atoms with Crippen LogP contribution in [-0.2, 0) is 0 Å². The zero-order valence-corrected chi connectivity index (χ0v) is 13.0. The summed E-state index contributed by atoms with van der Waals surface area (Å²) < 4.78 is 1.96. The van der Waals surface area contributed by atoms with Crippen LogP contribution in [0.5, 0.6) is 0 Å². The normalized spacial score (nSPS) is 15.4. The Morgan fingerprint density at radius 2 is 1.73 bits per heavy atom. The zero-order chi connectivity index (χ0) is 14.9. The van der Waals surface area contributed by atoms with Crippen molar-refractivity contribution in [3.05, 3.63) is 47.7 Å². The fourth-order valence-corrected chi connectivity index (χ4v) is 3.19. The van der Waals surface area contributed by atoms with E-state index in [2.05, 4.69) is 16.0 Å². The number of halogens is 1. The molecule has 0 saturated carbocycles. The Labute approximate surface area is 134 Å². The third-order valence-corrected chi connectivity index (χ3v) is 4.44. The summed E-state index contributed by atoms with van der Waals surface area (Å²) in [6.45, 7) is 2.16. The fraction of sp³-hybridized carbons (Fsp3) is 0.294. The molecule has 0 unspecified atom stereocenters. The second-order valence-corrected chi connectivity index (χ2v) is 6.09. The van der Waals surface area contributed by atoms with E-state index in [1.807, 2.05) is 41.3 Å². The van der Waals surface area contributed by atoms with Crippen molar-refractivity contribution in [3.63, 3.8) is 0 Å². The molecule has 0 radical (unpaired) electrons. The van der Waals surface area contributed by atoms with Gasteiger partial charge in [0.15, 0.2) is 5.82 Å². The minimum atomic E-state index is 0.731. The number of benzene rings is 1. The summed E-state index contributed by atoms with van der Waals surface area (Å²) in [4.78, 5) is 6.66. The van der Waals surface area contributed by atoms with Gasteiger partial charge in [0.1, 0.15) is 0 Å². The highest BCUT2D eigenvalue weighted by Gasteiger charge is 2.19. The van der Waals surface area contributed by atoms with Crippen LogP contribution in [0.15, 0.2) is 42.7 Å². The molecule has 22 heavy (non-hydrogen) atoms. The lowest BCUT2D eigenvalue weighted by atomic mass is 10.1. The first-order valence-corrected chi connectivity index (χ1v) is 8.04. The number of rotatable bonds is 2. The van der Waals surface area contributed by atoms with Crippen LogP contribution in [0.4, 0.5) is 5.82 Å². The van der Waals surface area contributed by atoms with E-state index in [4.69, 9.17) is 16.7 Å². The van der Waals surface area contributed by atoms with Gasteiger partial charge in [0.05, 0.1) is 17.4 Å². The van der Waals surface area contributed by atoms with Crippen LogP contribution in [-0.4, -0.2) is 27.9 Å². The third kappa shape index (κ3) is 2.33. The van der Waals surface area contributed by atoms with Crippen molar-refractivity contribution in [1.29, 1.82) is 0 Å². The quantitative estimate of drug-likeness (QED) is 0.715. The first-order valence-electron chi connectivity index (χ1n) is 7.66. The summed E-state index contributed by atoms with van der Waals surface area (Å²) in [6, 6.07) is 9.81. The molecule has 3 heterocycles. The van der Waals surface area contributed by atoms with Crippen molar-refractivity contribution in [2.75, 3.05) is 18.0 Å². The van der Waals surface area contributed by atoms with E-state index in [0.29, 0.717) is 0 Å². The second-order valence-electron chi connectivity index (χ2n) is 5.65. The predicted molar refractivity (Wildman–Crippen MR) is 89.9 cm³/mol. The van der Waals surface area contributed by atoms with Crippen LogP contribution in [0.25, 0.3) is 16.6 Å². The number of nitrogens with zero attached hydrogens (tertiary/aromatic N) is 4. The summed E-state index contributed by atoms with van der Waals surface area (Å²) in [7, 11) is 0. The van der Waals surface area contributed by atoms with Crippen molar-refractivity contribution < 1.29 is 0 Å². The lowest BCUT2D eigenvalue weighted by Gasteiger charge is -2.26. The average molecular weight is 313 g/mol. The van der Waals surface area contributed by atoms with Gasteiger partial charge in [0.2, 0.25) is 0 Å². The standard InChI is InChI=1S/C17H17ClN4/c18-13-4-6-14(7-5-13)22-16-12-19-9-8-15(16)17(20-22)21-10-2-1-3-11-21/h4-9,12H,1-3,10-11H2. The lowest BCUT2D eigenvalue weighted by Crippen LogP contribution is -2.29. The number of pyridine rings is 1. The smallest absolute Gasteiger partial charge is 0.159 e. The molecular weight excluding hydrogens is 296 g/mol. The van der Waals surface area contributed by atoms with Crippen LogP contribution < -0.4 is 4.90 Å². The largest absolute Gasteiger partial charge is 0.355 e. The maximum atomic E-state index is 5.99. The van der Waals surface area contributed by atoms with Gasteiger partial charge in [-0.3, -0.25) is 4.98 Å². The Hall–Kier alpha value is -2.07. The molecule has 0 atom stereocenters. The highest BCUT2D eigenvalue weighted by atomic mass is 35.5.